The molecule has 0 radical (unpaired) electrons. The van der Waals surface area contributed by atoms with Crippen LogP contribution in [0.25, 0.3) is 0 Å². The third kappa shape index (κ3) is 3.65. The van der Waals surface area contributed by atoms with E-state index in [4.69, 9.17) is 0 Å². The minimum atomic E-state index is -2.53. The van der Waals surface area contributed by atoms with Crippen molar-refractivity contribution < 1.29 is 17.9 Å². The number of aromatic nitrogens is 2. The van der Waals surface area contributed by atoms with Gasteiger partial charge in [-0.25, -0.2) is 13.8 Å². The van der Waals surface area contributed by atoms with Crippen molar-refractivity contribution in [1.82, 2.24) is 9.97 Å². The van der Waals surface area contributed by atoms with Crippen LogP contribution in [0.2, 0.25) is 0 Å². The second-order valence-electron chi connectivity index (χ2n) is 3.13. The standard InChI is InChI=1S/C9H11F3N2O2/c1-5-8(12)9(15)14-7(13-5)2-3-16-4-6(10)11/h6H,2-4H2,1H3,(H,13,14,15). The molecule has 0 unspecified atom stereocenters. The molecule has 16 heavy (non-hydrogen) atoms. The lowest BCUT2D eigenvalue weighted by molar-refractivity contribution is 0.0182. The van der Waals surface area contributed by atoms with Gasteiger partial charge in [0, 0.05) is 6.42 Å². The summed E-state index contributed by atoms with van der Waals surface area (Å²) in [5, 5.41) is 0. The Morgan fingerprint density at radius 2 is 2.19 bits per heavy atom. The van der Waals surface area contributed by atoms with E-state index in [0.29, 0.717) is 0 Å². The summed E-state index contributed by atoms with van der Waals surface area (Å²) in [6.45, 7) is 0.691. The number of nitrogens with one attached hydrogen (secondary N) is 1. The summed E-state index contributed by atoms with van der Waals surface area (Å²) in [7, 11) is 0. The molecule has 0 fully saturated rings. The molecule has 0 atom stereocenters. The molecule has 90 valence electrons. The Bertz CT molecular complexity index is 406. The molecule has 0 saturated heterocycles. The van der Waals surface area contributed by atoms with Crippen LogP contribution < -0.4 is 5.56 Å². The first-order chi connectivity index (χ1) is 7.50. The molecule has 1 N–H and O–H groups in total. The van der Waals surface area contributed by atoms with Gasteiger partial charge in [-0.1, -0.05) is 0 Å². The zero-order valence-electron chi connectivity index (χ0n) is 8.60. The van der Waals surface area contributed by atoms with E-state index in [1.807, 2.05) is 0 Å². The maximum absolute atomic E-state index is 12.9. The molecule has 1 aromatic heterocycles. The average molecular weight is 236 g/mol. The summed E-state index contributed by atoms with van der Waals surface area (Å²) in [5.74, 6) is -0.713. The third-order valence-corrected chi connectivity index (χ3v) is 1.80. The molecule has 1 rings (SSSR count). The first-order valence-corrected chi connectivity index (χ1v) is 4.62. The van der Waals surface area contributed by atoms with Gasteiger partial charge in [0.1, 0.15) is 12.4 Å². The van der Waals surface area contributed by atoms with Crippen LogP contribution in [0.15, 0.2) is 4.79 Å². The van der Waals surface area contributed by atoms with Crippen LogP contribution in [-0.4, -0.2) is 29.6 Å². The van der Waals surface area contributed by atoms with Crippen LogP contribution >= 0.6 is 0 Å². The number of nitrogens with zero attached hydrogens (tertiary/aromatic N) is 1. The largest absolute Gasteiger partial charge is 0.375 e. The van der Waals surface area contributed by atoms with E-state index >= 15 is 0 Å². The molecule has 0 aliphatic heterocycles. The Kier molecular flexibility index (Phi) is 4.48. The second kappa shape index (κ2) is 5.64. The van der Waals surface area contributed by atoms with Crippen LogP contribution in [0.5, 0.6) is 0 Å². The number of hydrogen-bond donors (Lipinski definition) is 1. The fraction of sp³-hybridized carbons (Fsp3) is 0.556. The van der Waals surface area contributed by atoms with Crippen molar-refractivity contribution in [3.63, 3.8) is 0 Å². The van der Waals surface area contributed by atoms with Crippen LogP contribution in [0.3, 0.4) is 0 Å². The van der Waals surface area contributed by atoms with E-state index in [1.165, 1.54) is 6.92 Å². The van der Waals surface area contributed by atoms with E-state index in [-0.39, 0.29) is 24.5 Å². The lowest BCUT2D eigenvalue weighted by Crippen LogP contribution is -2.19. The monoisotopic (exact) mass is 236 g/mol. The fourth-order valence-corrected chi connectivity index (χ4v) is 1.09. The van der Waals surface area contributed by atoms with Gasteiger partial charge in [0.05, 0.1) is 12.3 Å². The Hall–Kier alpha value is -1.37. The maximum atomic E-state index is 12.9. The zero-order chi connectivity index (χ0) is 12.1. The molecular formula is C9H11F3N2O2. The summed E-state index contributed by atoms with van der Waals surface area (Å²) in [6, 6.07) is 0. The number of alkyl halides is 2. The number of aryl methyl sites for hydroxylation is 1. The minimum Gasteiger partial charge on any atom is -0.375 e. The maximum Gasteiger partial charge on any atom is 0.287 e. The van der Waals surface area contributed by atoms with Crippen LogP contribution in [0.1, 0.15) is 11.5 Å². The van der Waals surface area contributed by atoms with Gasteiger partial charge in [0.25, 0.3) is 12.0 Å². The number of H-pyrrole nitrogens is 1. The van der Waals surface area contributed by atoms with Gasteiger partial charge in [-0.15, -0.1) is 0 Å². The lowest BCUT2D eigenvalue weighted by Gasteiger charge is -2.04. The van der Waals surface area contributed by atoms with E-state index in [9.17, 15) is 18.0 Å². The Morgan fingerprint density at radius 3 is 2.75 bits per heavy atom. The smallest absolute Gasteiger partial charge is 0.287 e. The second-order valence-corrected chi connectivity index (χ2v) is 3.13. The summed E-state index contributed by atoms with van der Waals surface area (Å²) >= 11 is 0. The lowest BCUT2D eigenvalue weighted by atomic mass is 10.3. The minimum absolute atomic E-state index is 0.00163. The summed E-state index contributed by atoms with van der Waals surface area (Å²) < 4.78 is 40.9. The van der Waals surface area contributed by atoms with Crippen molar-refractivity contribution in [3.8, 4) is 0 Å². The van der Waals surface area contributed by atoms with Crippen LogP contribution in [-0.2, 0) is 11.2 Å². The van der Waals surface area contributed by atoms with Gasteiger partial charge >= 0.3 is 0 Å². The highest BCUT2D eigenvalue weighted by Crippen LogP contribution is 1.98. The van der Waals surface area contributed by atoms with Crippen molar-refractivity contribution in [3.05, 3.63) is 27.7 Å². The zero-order valence-corrected chi connectivity index (χ0v) is 8.60. The molecule has 1 aromatic rings. The molecule has 1 heterocycles. The number of halogens is 3. The molecule has 0 spiro atoms. The van der Waals surface area contributed by atoms with E-state index < -0.39 is 24.4 Å². The van der Waals surface area contributed by atoms with Gasteiger partial charge in [-0.3, -0.25) is 4.79 Å². The van der Waals surface area contributed by atoms with E-state index in [2.05, 4.69) is 14.7 Å². The Balaban J connectivity index is 2.52. The molecule has 0 aliphatic rings. The van der Waals surface area contributed by atoms with Crippen molar-refractivity contribution in [2.45, 2.75) is 19.8 Å². The first kappa shape index (κ1) is 12.7. The van der Waals surface area contributed by atoms with Gasteiger partial charge in [-0.05, 0) is 6.92 Å². The number of rotatable bonds is 5. The topological polar surface area (TPSA) is 55.0 Å². The number of aromatic amines is 1. The summed E-state index contributed by atoms with van der Waals surface area (Å²) in [5.41, 5.74) is -0.885. The van der Waals surface area contributed by atoms with Crippen LogP contribution in [0.4, 0.5) is 13.2 Å². The predicted octanol–water partition coefficient (Wildman–Crippen LogP) is 1.04. The molecular weight excluding hydrogens is 225 g/mol. The fourth-order valence-electron chi connectivity index (χ4n) is 1.09. The average Bonchev–Trinajstić information content (AvgIpc) is 2.20. The molecule has 4 nitrogen and oxygen atoms in total. The predicted molar refractivity (Wildman–Crippen MR) is 50.1 cm³/mol. The van der Waals surface area contributed by atoms with Gasteiger partial charge in [0.15, 0.2) is 0 Å². The molecule has 0 aromatic carbocycles. The highest BCUT2D eigenvalue weighted by Gasteiger charge is 2.07. The molecule has 0 amide bonds. The first-order valence-electron chi connectivity index (χ1n) is 4.62. The summed E-state index contributed by atoms with van der Waals surface area (Å²) in [6.07, 6.45) is -2.37. The van der Waals surface area contributed by atoms with E-state index in [0.717, 1.165) is 0 Å². The van der Waals surface area contributed by atoms with Crippen molar-refractivity contribution in [1.29, 1.82) is 0 Å². The molecule has 7 heteroatoms. The Morgan fingerprint density at radius 1 is 1.50 bits per heavy atom. The van der Waals surface area contributed by atoms with Crippen LogP contribution in [0, 0.1) is 12.7 Å². The van der Waals surface area contributed by atoms with Crippen molar-refractivity contribution in [2.75, 3.05) is 13.2 Å². The Labute approximate surface area is 89.5 Å². The normalized spacial score (nSPS) is 11.1. The van der Waals surface area contributed by atoms with Gasteiger partial charge in [-0.2, -0.15) is 4.39 Å². The SMILES string of the molecule is Cc1nc(CCOCC(F)F)[nH]c(=O)c1F. The quantitative estimate of drug-likeness (QED) is 0.777. The van der Waals surface area contributed by atoms with Crippen molar-refractivity contribution in [2.24, 2.45) is 0 Å². The van der Waals surface area contributed by atoms with E-state index in [1.54, 1.807) is 0 Å². The highest BCUT2D eigenvalue weighted by atomic mass is 19.3. The molecule has 0 aliphatic carbocycles. The highest BCUT2D eigenvalue weighted by molar-refractivity contribution is 5.03. The van der Waals surface area contributed by atoms with Gasteiger partial charge in [0.2, 0.25) is 5.82 Å². The molecule has 0 saturated carbocycles. The van der Waals surface area contributed by atoms with Gasteiger partial charge < -0.3 is 9.72 Å². The number of ether oxygens (including phenoxy) is 1. The third-order valence-electron chi connectivity index (χ3n) is 1.80. The molecule has 0 bridgehead atoms. The number of hydrogen-bond acceptors (Lipinski definition) is 3. The van der Waals surface area contributed by atoms with Crippen molar-refractivity contribution >= 4 is 0 Å². The summed E-state index contributed by atoms with van der Waals surface area (Å²) in [4.78, 5) is 16.9.